The number of imidazole rings is 1. The molecule has 0 spiro atoms. The first-order valence-corrected chi connectivity index (χ1v) is 7.12. The summed E-state index contributed by atoms with van der Waals surface area (Å²) in [6, 6.07) is 0.828. The molecule has 0 aliphatic rings. The van der Waals surface area contributed by atoms with E-state index >= 15 is 0 Å². The molecule has 3 aromatic rings. The third kappa shape index (κ3) is 2.58. The van der Waals surface area contributed by atoms with Gasteiger partial charge < -0.3 is 8.82 Å². The van der Waals surface area contributed by atoms with Gasteiger partial charge >= 0.3 is 6.18 Å². The Kier molecular flexibility index (Phi) is 3.33. The Hall–Kier alpha value is -1.74. The highest BCUT2D eigenvalue weighted by Crippen LogP contribution is 2.33. The van der Waals surface area contributed by atoms with Gasteiger partial charge in [0, 0.05) is 12.4 Å². The van der Waals surface area contributed by atoms with Crippen LogP contribution >= 0.6 is 23.4 Å². The minimum Gasteiger partial charge on any atom is -0.410 e. The van der Waals surface area contributed by atoms with Crippen LogP contribution in [0.25, 0.3) is 17.2 Å². The van der Waals surface area contributed by atoms with Crippen molar-refractivity contribution in [1.82, 2.24) is 19.6 Å². The molecule has 0 N–H and O–H groups in total. The van der Waals surface area contributed by atoms with Crippen molar-refractivity contribution in [2.75, 3.05) is 6.26 Å². The molecule has 0 atom stereocenters. The predicted molar refractivity (Wildman–Crippen MR) is 70.3 cm³/mol. The lowest BCUT2D eigenvalue weighted by molar-refractivity contribution is -0.137. The van der Waals surface area contributed by atoms with Crippen molar-refractivity contribution >= 4 is 29.0 Å². The fourth-order valence-electron chi connectivity index (χ4n) is 1.71. The van der Waals surface area contributed by atoms with Gasteiger partial charge in [-0.3, -0.25) is 0 Å². The lowest BCUT2D eigenvalue weighted by Gasteiger charge is -2.07. The molecule has 10 heteroatoms. The van der Waals surface area contributed by atoms with Gasteiger partial charge in [0.15, 0.2) is 5.65 Å². The molecule has 3 aromatic heterocycles. The summed E-state index contributed by atoms with van der Waals surface area (Å²) in [4.78, 5) is 4.11. The molecule has 110 valence electrons. The zero-order chi connectivity index (χ0) is 15.2. The fourth-order valence-corrected chi connectivity index (χ4v) is 2.25. The summed E-state index contributed by atoms with van der Waals surface area (Å²) in [6.45, 7) is 0. The Balaban J connectivity index is 2.13. The number of hydrogen-bond acceptors (Lipinski definition) is 5. The second kappa shape index (κ2) is 4.92. The molecule has 0 aliphatic carbocycles. The summed E-state index contributed by atoms with van der Waals surface area (Å²) in [5, 5.41) is 7.75. The first kappa shape index (κ1) is 14.2. The third-order valence-corrected chi connectivity index (χ3v) is 3.43. The summed E-state index contributed by atoms with van der Waals surface area (Å²) in [7, 11) is 0. The zero-order valence-electron chi connectivity index (χ0n) is 10.3. The Morgan fingerprint density at radius 2 is 2.05 bits per heavy atom. The van der Waals surface area contributed by atoms with Crippen LogP contribution in [-0.4, -0.2) is 25.8 Å². The Morgan fingerprint density at radius 3 is 2.67 bits per heavy atom. The van der Waals surface area contributed by atoms with Crippen LogP contribution < -0.4 is 0 Å². The van der Waals surface area contributed by atoms with Crippen LogP contribution in [0.2, 0.25) is 5.02 Å². The summed E-state index contributed by atoms with van der Waals surface area (Å²) in [5.41, 5.74) is -0.424. The maximum atomic E-state index is 12.7. The van der Waals surface area contributed by atoms with Gasteiger partial charge in [-0.1, -0.05) is 23.4 Å². The lowest BCUT2D eigenvalue weighted by atomic mass is 10.3. The quantitative estimate of drug-likeness (QED) is 0.668. The summed E-state index contributed by atoms with van der Waals surface area (Å²) < 4.78 is 44.7. The zero-order valence-corrected chi connectivity index (χ0v) is 11.9. The van der Waals surface area contributed by atoms with Crippen LogP contribution in [0.5, 0.6) is 0 Å². The van der Waals surface area contributed by atoms with E-state index < -0.39 is 11.7 Å². The topological polar surface area (TPSA) is 56.2 Å². The molecular formula is C11H6ClF3N4OS. The van der Waals surface area contributed by atoms with E-state index in [0.717, 1.165) is 12.3 Å². The molecule has 0 radical (unpaired) electrons. The highest BCUT2D eigenvalue weighted by molar-refractivity contribution is 7.98. The number of aromatic nitrogens is 4. The molecule has 0 unspecified atom stereocenters. The molecule has 0 saturated carbocycles. The first-order chi connectivity index (χ1) is 9.88. The van der Waals surface area contributed by atoms with E-state index in [0.29, 0.717) is 5.22 Å². The number of fused-ring (bicyclic) bond motifs is 1. The summed E-state index contributed by atoms with van der Waals surface area (Å²) in [5.74, 6) is 0.118. The van der Waals surface area contributed by atoms with Gasteiger partial charge in [-0.15, -0.1) is 10.2 Å². The summed E-state index contributed by atoms with van der Waals surface area (Å²) >= 11 is 7.10. The number of rotatable bonds is 2. The molecule has 0 fully saturated rings. The van der Waals surface area contributed by atoms with Crippen molar-refractivity contribution in [2.45, 2.75) is 11.4 Å². The Morgan fingerprint density at radius 1 is 1.29 bits per heavy atom. The Labute approximate surface area is 125 Å². The number of hydrogen-bond donors (Lipinski definition) is 0. The average Bonchev–Trinajstić information content (AvgIpc) is 3.03. The van der Waals surface area contributed by atoms with Crippen LogP contribution in [0.1, 0.15) is 5.56 Å². The van der Waals surface area contributed by atoms with Crippen molar-refractivity contribution in [3.05, 3.63) is 29.0 Å². The van der Waals surface area contributed by atoms with Gasteiger partial charge in [-0.05, 0) is 12.3 Å². The number of halogens is 4. The van der Waals surface area contributed by atoms with Gasteiger partial charge in [0.2, 0.25) is 0 Å². The van der Waals surface area contributed by atoms with Crippen molar-refractivity contribution < 1.29 is 17.6 Å². The van der Waals surface area contributed by atoms with Gasteiger partial charge in [0.25, 0.3) is 11.1 Å². The van der Waals surface area contributed by atoms with Crippen molar-refractivity contribution in [3.8, 4) is 11.6 Å². The lowest BCUT2D eigenvalue weighted by Crippen LogP contribution is -2.06. The summed E-state index contributed by atoms with van der Waals surface area (Å²) in [6.07, 6.45) is -0.468. The normalized spacial score (nSPS) is 12.2. The molecule has 3 heterocycles. The monoisotopic (exact) mass is 334 g/mol. The van der Waals surface area contributed by atoms with E-state index in [-0.39, 0.29) is 22.3 Å². The minimum atomic E-state index is -4.49. The third-order valence-electron chi connectivity index (χ3n) is 2.63. The molecule has 0 amide bonds. The fraction of sp³-hybridized carbons (Fsp3) is 0.182. The van der Waals surface area contributed by atoms with Crippen molar-refractivity contribution in [2.24, 2.45) is 0 Å². The SMILES string of the molecule is CSc1nnc(-c2cn3cc(C(F)(F)F)cc(Cl)c3n2)o1. The van der Waals surface area contributed by atoms with Crippen LogP contribution in [0.3, 0.4) is 0 Å². The molecule has 0 bridgehead atoms. The molecule has 21 heavy (non-hydrogen) atoms. The smallest absolute Gasteiger partial charge is 0.410 e. The molecule has 0 saturated heterocycles. The predicted octanol–water partition coefficient (Wildman–Crippen LogP) is 3.78. The van der Waals surface area contributed by atoms with Crippen LogP contribution in [0, 0.1) is 0 Å². The van der Waals surface area contributed by atoms with Crippen molar-refractivity contribution in [3.63, 3.8) is 0 Å². The molecule has 0 aromatic carbocycles. The largest absolute Gasteiger partial charge is 0.417 e. The van der Waals surface area contributed by atoms with E-state index in [1.165, 1.54) is 22.4 Å². The van der Waals surface area contributed by atoms with Crippen molar-refractivity contribution in [1.29, 1.82) is 0 Å². The second-order valence-corrected chi connectivity index (χ2v) is 5.17. The van der Waals surface area contributed by atoms with E-state index in [4.69, 9.17) is 16.0 Å². The van der Waals surface area contributed by atoms with Crippen LogP contribution in [0.4, 0.5) is 13.2 Å². The number of thioether (sulfide) groups is 1. The maximum absolute atomic E-state index is 12.7. The molecule has 0 aliphatic heterocycles. The first-order valence-electron chi connectivity index (χ1n) is 5.52. The highest BCUT2D eigenvalue weighted by Gasteiger charge is 2.32. The van der Waals surface area contributed by atoms with Gasteiger partial charge in [-0.2, -0.15) is 13.2 Å². The molecule has 3 rings (SSSR count). The minimum absolute atomic E-state index is 0.110. The van der Waals surface area contributed by atoms with Crippen LogP contribution in [-0.2, 0) is 6.18 Å². The van der Waals surface area contributed by atoms with Crippen LogP contribution in [0.15, 0.2) is 28.1 Å². The molecule has 5 nitrogen and oxygen atoms in total. The van der Waals surface area contributed by atoms with Gasteiger partial charge in [0.1, 0.15) is 5.69 Å². The highest BCUT2D eigenvalue weighted by atomic mass is 35.5. The van der Waals surface area contributed by atoms with E-state index in [2.05, 4.69) is 15.2 Å². The van der Waals surface area contributed by atoms with Gasteiger partial charge in [0.05, 0.1) is 10.6 Å². The maximum Gasteiger partial charge on any atom is 0.417 e. The standard InChI is InChI=1S/C11H6ClF3N4OS/c1-21-10-18-17-9(20-10)7-4-19-3-5(11(13,14)15)2-6(12)8(19)16-7/h2-4H,1H3. The van der Waals surface area contributed by atoms with E-state index in [1.54, 1.807) is 6.26 Å². The second-order valence-electron chi connectivity index (χ2n) is 4.01. The van der Waals surface area contributed by atoms with Gasteiger partial charge in [-0.25, -0.2) is 4.98 Å². The number of pyridine rings is 1. The van der Waals surface area contributed by atoms with E-state index in [1.807, 2.05) is 0 Å². The van der Waals surface area contributed by atoms with E-state index in [9.17, 15) is 13.2 Å². The average molecular weight is 335 g/mol. The number of alkyl halides is 3. The Bertz CT molecular complexity index is 814. The number of nitrogens with zero attached hydrogens (tertiary/aromatic N) is 4. The molecular weight excluding hydrogens is 329 g/mol.